The number of hydrogen-bond donors (Lipinski definition) is 2. The highest BCUT2D eigenvalue weighted by Gasteiger charge is 2.14. The van der Waals surface area contributed by atoms with Gasteiger partial charge in [0.2, 0.25) is 0 Å². The van der Waals surface area contributed by atoms with Crippen molar-refractivity contribution in [1.29, 1.82) is 0 Å². The molecule has 6 heteroatoms. The van der Waals surface area contributed by atoms with Crippen molar-refractivity contribution in [2.75, 3.05) is 13.1 Å². The molecule has 0 fully saturated rings. The number of aromatic nitrogens is 1. The number of rotatable bonds is 8. The van der Waals surface area contributed by atoms with Crippen LogP contribution in [-0.2, 0) is 19.5 Å². The minimum Gasteiger partial charge on any atom is -0.347 e. The van der Waals surface area contributed by atoms with Crippen LogP contribution in [0.1, 0.15) is 32.2 Å². The van der Waals surface area contributed by atoms with Crippen LogP contribution in [0, 0.1) is 0 Å². The van der Waals surface area contributed by atoms with Crippen molar-refractivity contribution in [3.8, 4) is 0 Å². The van der Waals surface area contributed by atoms with Gasteiger partial charge in [-0.15, -0.1) is 11.3 Å². The zero-order chi connectivity index (χ0) is 19.2. The summed E-state index contributed by atoms with van der Waals surface area (Å²) in [5.41, 5.74) is 5.24. The molecule has 1 amide bonds. The molecular weight excluding hydrogens is 368 g/mol. The van der Waals surface area contributed by atoms with Gasteiger partial charge in [0.05, 0.1) is 17.3 Å². The van der Waals surface area contributed by atoms with E-state index in [0.717, 1.165) is 42.3 Å². The predicted octanol–water partition coefficient (Wildman–Crippen LogP) is 3.21. The Balaban J connectivity index is 1.21. The summed E-state index contributed by atoms with van der Waals surface area (Å²) >= 11 is 1.53. The second kappa shape index (κ2) is 8.91. The SMILES string of the molecule is O=C(NCc1ccccc1)c1csc(CCNCC2=NCc3ccccc32)n1. The number of amides is 1. The topological polar surface area (TPSA) is 66.4 Å². The smallest absolute Gasteiger partial charge is 0.271 e. The van der Waals surface area contributed by atoms with Crippen molar-refractivity contribution in [3.63, 3.8) is 0 Å². The molecule has 0 saturated carbocycles. The van der Waals surface area contributed by atoms with E-state index in [9.17, 15) is 4.79 Å². The molecule has 0 aliphatic carbocycles. The Hall–Kier alpha value is -2.83. The van der Waals surface area contributed by atoms with Crippen LogP contribution in [0.3, 0.4) is 0 Å². The summed E-state index contributed by atoms with van der Waals surface area (Å²) in [6, 6.07) is 18.2. The second-order valence-corrected chi connectivity index (χ2v) is 7.58. The van der Waals surface area contributed by atoms with Crippen molar-refractivity contribution < 1.29 is 4.79 Å². The van der Waals surface area contributed by atoms with Crippen molar-refractivity contribution >= 4 is 23.0 Å². The molecule has 2 heterocycles. The highest BCUT2D eigenvalue weighted by atomic mass is 32.1. The maximum atomic E-state index is 12.3. The van der Waals surface area contributed by atoms with E-state index in [1.807, 2.05) is 35.7 Å². The van der Waals surface area contributed by atoms with Crippen molar-refractivity contribution in [1.82, 2.24) is 15.6 Å². The third-order valence-electron chi connectivity index (χ3n) is 4.66. The van der Waals surface area contributed by atoms with Crippen LogP contribution in [0.25, 0.3) is 0 Å². The Morgan fingerprint density at radius 3 is 2.75 bits per heavy atom. The fraction of sp³-hybridized carbons (Fsp3) is 0.227. The number of carbonyl (C=O) groups is 1. The van der Waals surface area contributed by atoms with Gasteiger partial charge in [0.1, 0.15) is 5.69 Å². The van der Waals surface area contributed by atoms with Crippen molar-refractivity contribution in [2.45, 2.75) is 19.5 Å². The highest BCUT2D eigenvalue weighted by molar-refractivity contribution is 7.09. The molecule has 0 saturated heterocycles. The van der Waals surface area contributed by atoms with Crippen LogP contribution >= 0.6 is 11.3 Å². The normalized spacial score (nSPS) is 12.5. The van der Waals surface area contributed by atoms with Gasteiger partial charge in [0, 0.05) is 37.0 Å². The largest absolute Gasteiger partial charge is 0.347 e. The molecule has 0 unspecified atom stereocenters. The molecule has 0 atom stereocenters. The number of carbonyl (C=O) groups excluding carboxylic acids is 1. The fourth-order valence-electron chi connectivity index (χ4n) is 3.16. The van der Waals surface area contributed by atoms with Crippen molar-refractivity contribution in [3.05, 3.63) is 87.4 Å². The van der Waals surface area contributed by atoms with Gasteiger partial charge in [-0.25, -0.2) is 4.98 Å². The Labute approximate surface area is 168 Å². The van der Waals surface area contributed by atoms with E-state index >= 15 is 0 Å². The minimum atomic E-state index is -0.128. The van der Waals surface area contributed by atoms with E-state index in [1.54, 1.807) is 0 Å². The zero-order valence-corrected chi connectivity index (χ0v) is 16.3. The lowest BCUT2D eigenvalue weighted by molar-refractivity contribution is 0.0946. The zero-order valence-electron chi connectivity index (χ0n) is 15.5. The average Bonchev–Trinajstić information content (AvgIpc) is 3.38. The van der Waals surface area contributed by atoms with Gasteiger partial charge in [-0.3, -0.25) is 9.79 Å². The molecule has 2 aromatic carbocycles. The maximum Gasteiger partial charge on any atom is 0.271 e. The first kappa shape index (κ1) is 18.5. The number of hydrogen-bond acceptors (Lipinski definition) is 5. The first-order valence-electron chi connectivity index (χ1n) is 9.38. The fourth-order valence-corrected chi connectivity index (χ4v) is 3.94. The Morgan fingerprint density at radius 2 is 1.86 bits per heavy atom. The summed E-state index contributed by atoms with van der Waals surface area (Å²) in [6.45, 7) is 2.85. The Kier molecular flexibility index (Phi) is 5.89. The van der Waals surface area contributed by atoms with Gasteiger partial charge in [-0.05, 0) is 11.1 Å². The third kappa shape index (κ3) is 4.52. The standard InChI is InChI=1S/C22H22N4OS/c27-22(25-12-16-6-2-1-3-7-16)20-15-28-21(26-20)10-11-23-14-19-18-9-5-4-8-17(18)13-24-19/h1-9,15,23H,10-14H2,(H,25,27). The van der Waals surface area contributed by atoms with Gasteiger partial charge >= 0.3 is 0 Å². The Bertz CT molecular complexity index is 981. The first-order chi connectivity index (χ1) is 13.8. The number of fused-ring (bicyclic) bond motifs is 1. The van der Waals surface area contributed by atoms with Crippen LogP contribution in [0.2, 0.25) is 0 Å². The number of nitrogens with zero attached hydrogens (tertiary/aromatic N) is 2. The van der Waals surface area contributed by atoms with Crippen molar-refractivity contribution in [2.24, 2.45) is 4.99 Å². The van der Waals surface area contributed by atoms with E-state index in [0.29, 0.717) is 12.2 Å². The van der Waals surface area contributed by atoms with Crippen LogP contribution in [0.4, 0.5) is 0 Å². The van der Waals surface area contributed by atoms with Crippen LogP contribution in [0.5, 0.6) is 0 Å². The molecule has 0 spiro atoms. The van der Waals surface area contributed by atoms with Gasteiger partial charge in [0.15, 0.2) is 0 Å². The number of thiazole rings is 1. The monoisotopic (exact) mass is 390 g/mol. The molecule has 1 aliphatic rings. The Morgan fingerprint density at radius 1 is 1.04 bits per heavy atom. The molecule has 0 bridgehead atoms. The molecule has 28 heavy (non-hydrogen) atoms. The summed E-state index contributed by atoms with van der Waals surface area (Å²) in [5, 5.41) is 9.14. The maximum absolute atomic E-state index is 12.3. The average molecular weight is 391 g/mol. The van der Waals surface area contributed by atoms with Crippen LogP contribution in [-0.4, -0.2) is 29.7 Å². The molecule has 3 aromatic rings. The highest BCUT2D eigenvalue weighted by Crippen LogP contribution is 2.17. The lowest BCUT2D eigenvalue weighted by atomic mass is 10.1. The lowest BCUT2D eigenvalue weighted by Crippen LogP contribution is -2.25. The predicted molar refractivity (Wildman–Crippen MR) is 113 cm³/mol. The van der Waals surface area contributed by atoms with Gasteiger partial charge in [-0.1, -0.05) is 54.6 Å². The summed E-state index contributed by atoms with van der Waals surface area (Å²) in [4.78, 5) is 21.3. The molecule has 5 nitrogen and oxygen atoms in total. The van der Waals surface area contributed by atoms with Gasteiger partial charge < -0.3 is 10.6 Å². The summed E-state index contributed by atoms with van der Waals surface area (Å²) < 4.78 is 0. The minimum absolute atomic E-state index is 0.128. The molecule has 0 radical (unpaired) electrons. The second-order valence-electron chi connectivity index (χ2n) is 6.64. The lowest BCUT2D eigenvalue weighted by Gasteiger charge is -2.05. The summed E-state index contributed by atoms with van der Waals surface area (Å²) in [5.74, 6) is -0.128. The van der Waals surface area contributed by atoms with E-state index in [4.69, 9.17) is 0 Å². The van der Waals surface area contributed by atoms with E-state index in [-0.39, 0.29) is 5.91 Å². The number of nitrogens with one attached hydrogen (secondary N) is 2. The summed E-state index contributed by atoms with van der Waals surface area (Å²) in [7, 11) is 0. The van der Waals surface area contributed by atoms with E-state index < -0.39 is 0 Å². The third-order valence-corrected chi connectivity index (χ3v) is 5.57. The molecule has 142 valence electrons. The molecule has 2 N–H and O–H groups in total. The molecule has 1 aromatic heterocycles. The molecule has 1 aliphatic heterocycles. The molecule has 4 rings (SSSR count). The van der Waals surface area contributed by atoms with Crippen LogP contribution in [0.15, 0.2) is 65.0 Å². The quantitative estimate of drug-likeness (QED) is 0.581. The van der Waals surface area contributed by atoms with E-state index in [2.05, 4.69) is 44.9 Å². The van der Waals surface area contributed by atoms with Crippen LogP contribution < -0.4 is 10.6 Å². The summed E-state index contributed by atoms with van der Waals surface area (Å²) in [6.07, 6.45) is 0.797. The number of benzene rings is 2. The number of aliphatic imine (C=N–C) groups is 1. The van der Waals surface area contributed by atoms with Gasteiger partial charge in [-0.2, -0.15) is 0 Å². The first-order valence-corrected chi connectivity index (χ1v) is 10.3. The van der Waals surface area contributed by atoms with E-state index in [1.165, 1.54) is 22.5 Å². The van der Waals surface area contributed by atoms with Gasteiger partial charge in [0.25, 0.3) is 5.91 Å². The molecular formula is C22H22N4OS.